The molecule has 6 rings (SSSR count). The molecule has 1 aliphatic carbocycles. The van der Waals surface area contributed by atoms with Crippen LogP contribution in [0.25, 0.3) is 10.8 Å². The monoisotopic (exact) mass is 594 g/mol. The number of fused-ring (bicyclic) bond motifs is 4. The maximum absolute atomic E-state index is 15.2. The van der Waals surface area contributed by atoms with Crippen molar-refractivity contribution in [2.75, 3.05) is 38.1 Å². The van der Waals surface area contributed by atoms with Crippen LogP contribution in [-0.4, -0.2) is 71.9 Å². The lowest BCUT2D eigenvalue weighted by Gasteiger charge is -2.42. The number of nitrogens with zero attached hydrogens (tertiary/aromatic N) is 4. The summed E-state index contributed by atoms with van der Waals surface area (Å²) in [6, 6.07) is 9.22. The first-order valence-corrected chi connectivity index (χ1v) is 15.9. The van der Waals surface area contributed by atoms with E-state index in [4.69, 9.17) is 24.2 Å². The topological polar surface area (TPSA) is 77.0 Å². The van der Waals surface area contributed by atoms with Gasteiger partial charge in [-0.1, -0.05) is 23.9 Å². The molecule has 0 spiro atoms. The molecular formula is C32H39FN4O4S. The SMILES string of the molecule is COCOc1cc(C2CCc3c(nc(SC)nc3N3C[C@H]4CC[C@@H](C3)N4C(=O)OC(C)(C)C)C2)c2c(F)cccc2c1. The highest BCUT2D eigenvalue weighted by atomic mass is 32.2. The summed E-state index contributed by atoms with van der Waals surface area (Å²) in [6.07, 6.45) is 6.05. The van der Waals surface area contributed by atoms with Crippen molar-refractivity contribution in [1.82, 2.24) is 14.9 Å². The van der Waals surface area contributed by atoms with Gasteiger partial charge in [0, 0.05) is 31.1 Å². The second-order valence-electron chi connectivity index (χ2n) is 12.5. The third kappa shape index (κ3) is 5.63. The van der Waals surface area contributed by atoms with Crippen molar-refractivity contribution in [2.45, 2.75) is 81.6 Å². The molecular weight excluding hydrogens is 555 g/mol. The van der Waals surface area contributed by atoms with E-state index in [9.17, 15) is 4.79 Å². The molecule has 3 aromatic rings. The van der Waals surface area contributed by atoms with Gasteiger partial charge in [-0.15, -0.1) is 0 Å². The van der Waals surface area contributed by atoms with Gasteiger partial charge in [0.2, 0.25) is 0 Å². The van der Waals surface area contributed by atoms with Crippen molar-refractivity contribution in [2.24, 2.45) is 0 Å². The van der Waals surface area contributed by atoms with Crippen LogP contribution in [0.15, 0.2) is 35.5 Å². The standard InChI is InChI=1S/C32H39FN4O4S/c1-32(2,3)41-31(38)37-21-10-11-22(37)17-36(16-21)29-24-12-9-19(14-27(24)34-30(35-29)42-5)25-15-23(40-18-39-4)13-20-7-6-8-26(33)28(20)25/h6-8,13,15,19,21-22H,9-12,14,16-18H2,1-5H3/t19?,21-,22+. The second-order valence-corrected chi connectivity index (χ2v) is 13.3. The fraction of sp³-hybridized carbons (Fsp3) is 0.531. The summed E-state index contributed by atoms with van der Waals surface area (Å²) in [5, 5.41) is 2.19. The van der Waals surface area contributed by atoms with Gasteiger partial charge in [-0.05, 0) is 94.2 Å². The van der Waals surface area contributed by atoms with Gasteiger partial charge in [-0.3, -0.25) is 4.90 Å². The van der Waals surface area contributed by atoms with Crippen LogP contribution in [0.3, 0.4) is 0 Å². The Morgan fingerprint density at radius 2 is 1.88 bits per heavy atom. The number of aromatic nitrogens is 2. The predicted octanol–water partition coefficient (Wildman–Crippen LogP) is 6.33. The van der Waals surface area contributed by atoms with Gasteiger partial charge in [0.15, 0.2) is 11.9 Å². The molecule has 2 saturated heterocycles. The van der Waals surface area contributed by atoms with Gasteiger partial charge in [0.1, 0.15) is 23.0 Å². The van der Waals surface area contributed by atoms with Crippen molar-refractivity contribution in [3.63, 3.8) is 0 Å². The number of anilines is 1. The van der Waals surface area contributed by atoms with Crippen molar-refractivity contribution in [3.05, 3.63) is 53.0 Å². The predicted molar refractivity (Wildman–Crippen MR) is 162 cm³/mol. The van der Waals surface area contributed by atoms with E-state index in [-0.39, 0.29) is 36.7 Å². The molecule has 0 N–H and O–H groups in total. The van der Waals surface area contributed by atoms with Gasteiger partial charge < -0.3 is 19.1 Å². The normalized spacial score (nSPS) is 21.9. The lowest BCUT2D eigenvalue weighted by atomic mass is 9.80. The number of amides is 1. The van der Waals surface area contributed by atoms with E-state index in [1.165, 1.54) is 23.4 Å². The zero-order valence-corrected chi connectivity index (χ0v) is 25.8. The summed E-state index contributed by atoms with van der Waals surface area (Å²) in [7, 11) is 1.59. The first kappa shape index (κ1) is 29.0. The molecule has 10 heteroatoms. The molecule has 224 valence electrons. The number of thioether (sulfide) groups is 1. The molecule has 1 amide bonds. The molecule has 1 aromatic heterocycles. The Morgan fingerprint density at radius 3 is 2.57 bits per heavy atom. The molecule has 2 fully saturated rings. The zero-order chi connectivity index (χ0) is 29.6. The number of rotatable bonds is 6. The molecule has 2 aromatic carbocycles. The maximum Gasteiger partial charge on any atom is 0.410 e. The minimum atomic E-state index is -0.521. The highest BCUT2D eigenvalue weighted by Gasteiger charge is 2.45. The van der Waals surface area contributed by atoms with Gasteiger partial charge in [0.05, 0.1) is 17.8 Å². The van der Waals surface area contributed by atoms with E-state index >= 15 is 4.39 Å². The van der Waals surface area contributed by atoms with E-state index in [0.717, 1.165) is 66.4 Å². The summed E-state index contributed by atoms with van der Waals surface area (Å²) in [5.41, 5.74) is 2.62. The third-order valence-electron chi connectivity index (χ3n) is 8.51. The number of carbonyl (C=O) groups is 1. The fourth-order valence-electron chi connectivity index (χ4n) is 6.80. The van der Waals surface area contributed by atoms with Gasteiger partial charge in [-0.25, -0.2) is 19.2 Å². The number of hydrogen-bond acceptors (Lipinski definition) is 8. The molecule has 3 atom stereocenters. The van der Waals surface area contributed by atoms with Crippen molar-refractivity contribution in [1.29, 1.82) is 0 Å². The van der Waals surface area contributed by atoms with Crippen LogP contribution in [0, 0.1) is 5.82 Å². The second kappa shape index (κ2) is 11.5. The molecule has 8 nitrogen and oxygen atoms in total. The fourth-order valence-corrected chi connectivity index (χ4v) is 7.18. The van der Waals surface area contributed by atoms with E-state index in [1.54, 1.807) is 13.2 Å². The first-order chi connectivity index (χ1) is 20.1. The average molecular weight is 595 g/mol. The smallest absolute Gasteiger partial charge is 0.410 e. The van der Waals surface area contributed by atoms with E-state index in [2.05, 4.69) is 4.90 Å². The summed E-state index contributed by atoms with van der Waals surface area (Å²) in [6.45, 7) is 7.32. The van der Waals surface area contributed by atoms with E-state index in [0.29, 0.717) is 17.6 Å². The van der Waals surface area contributed by atoms with E-state index < -0.39 is 5.60 Å². The number of benzene rings is 2. The lowest BCUT2D eigenvalue weighted by molar-refractivity contribution is 0.0122. The number of methoxy groups -OCH3 is 1. The van der Waals surface area contributed by atoms with Crippen molar-refractivity contribution < 1.29 is 23.4 Å². The molecule has 2 bridgehead atoms. The minimum absolute atomic E-state index is 0.0839. The van der Waals surface area contributed by atoms with Crippen molar-refractivity contribution >= 4 is 34.4 Å². The summed E-state index contributed by atoms with van der Waals surface area (Å²) < 4.78 is 31.9. The maximum atomic E-state index is 15.2. The molecule has 42 heavy (non-hydrogen) atoms. The van der Waals surface area contributed by atoms with E-state index in [1.807, 2.05) is 50.1 Å². The molecule has 0 saturated carbocycles. The summed E-state index contributed by atoms with van der Waals surface area (Å²) in [5.74, 6) is 1.51. The Kier molecular flexibility index (Phi) is 7.95. The summed E-state index contributed by atoms with van der Waals surface area (Å²) in [4.78, 5) is 27.3. The number of halogens is 1. The van der Waals surface area contributed by atoms with Crippen LogP contribution in [0.1, 0.15) is 62.8 Å². The molecule has 1 unspecified atom stereocenters. The molecule has 3 aliphatic rings. The Bertz CT molecular complexity index is 1480. The highest BCUT2D eigenvalue weighted by Crippen LogP contribution is 2.42. The van der Waals surface area contributed by atoms with Gasteiger partial charge in [0.25, 0.3) is 0 Å². The Hall–Kier alpha value is -3.11. The average Bonchev–Trinajstić information content (AvgIpc) is 3.23. The Morgan fingerprint density at radius 1 is 1.12 bits per heavy atom. The molecule has 2 aliphatic heterocycles. The van der Waals surface area contributed by atoms with Crippen LogP contribution in [-0.2, 0) is 22.3 Å². The quantitative estimate of drug-likeness (QED) is 0.186. The minimum Gasteiger partial charge on any atom is -0.468 e. The largest absolute Gasteiger partial charge is 0.468 e. The molecule has 3 heterocycles. The first-order valence-electron chi connectivity index (χ1n) is 14.7. The number of hydrogen-bond donors (Lipinski definition) is 0. The van der Waals surface area contributed by atoms with Gasteiger partial charge >= 0.3 is 6.09 Å². The lowest BCUT2D eigenvalue weighted by Crippen LogP contribution is -2.57. The number of ether oxygens (including phenoxy) is 3. The van der Waals surface area contributed by atoms with Crippen LogP contribution >= 0.6 is 11.8 Å². The Balaban J connectivity index is 1.30. The number of piperazine rings is 1. The zero-order valence-electron chi connectivity index (χ0n) is 25.0. The van der Waals surface area contributed by atoms with Crippen LogP contribution in [0.2, 0.25) is 0 Å². The van der Waals surface area contributed by atoms with Crippen LogP contribution < -0.4 is 9.64 Å². The van der Waals surface area contributed by atoms with Crippen LogP contribution in [0.5, 0.6) is 5.75 Å². The third-order valence-corrected chi connectivity index (χ3v) is 9.06. The molecule has 0 radical (unpaired) electrons. The van der Waals surface area contributed by atoms with Crippen molar-refractivity contribution in [3.8, 4) is 5.75 Å². The van der Waals surface area contributed by atoms with Crippen LogP contribution in [0.4, 0.5) is 15.0 Å². The summed E-state index contributed by atoms with van der Waals surface area (Å²) >= 11 is 1.54. The Labute approximate surface area is 250 Å². The van der Waals surface area contributed by atoms with Gasteiger partial charge in [-0.2, -0.15) is 0 Å². The number of carbonyl (C=O) groups excluding carboxylic acids is 1. The highest BCUT2D eigenvalue weighted by molar-refractivity contribution is 7.98.